The van der Waals surface area contributed by atoms with Crippen molar-refractivity contribution in [3.05, 3.63) is 59.2 Å². The summed E-state index contributed by atoms with van der Waals surface area (Å²) in [7, 11) is 0. The van der Waals surface area contributed by atoms with Crippen LogP contribution in [0.1, 0.15) is 25.3 Å². The van der Waals surface area contributed by atoms with E-state index in [1.165, 1.54) is 6.20 Å². The summed E-state index contributed by atoms with van der Waals surface area (Å²) in [4.78, 5) is 33.5. The number of likely N-dealkylation sites (tertiary alicyclic amines) is 1. The molecule has 0 spiro atoms. The Morgan fingerprint density at radius 2 is 2.03 bits per heavy atom. The second kappa shape index (κ2) is 10.4. The van der Waals surface area contributed by atoms with Crippen molar-refractivity contribution in [2.75, 3.05) is 31.5 Å². The third-order valence-electron chi connectivity index (χ3n) is 5.16. The van der Waals surface area contributed by atoms with Gasteiger partial charge in [-0.25, -0.2) is 4.98 Å². The third kappa shape index (κ3) is 6.27. The van der Waals surface area contributed by atoms with Crippen LogP contribution in [-0.4, -0.2) is 52.8 Å². The van der Waals surface area contributed by atoms with E-state index in [-0.39, 0.29) is 17.7 Å². The number of benzene rings is 1. The number of rotatable bonds is 7. The van der Waals surface area contributed by atoms with Gasteiger partial charge in [-0.05, 0) is 44.0 Å². The van der Waals surface area contributed by atoms with Crippen LogP contribution >= 0.6 is 11.6 Å². The molecule has 1 unspecified atom stereocenters. The minimum atomic E-state index is -0.154. The molecule has 1 saturated heterocycles. The van der Waals surface area contributed by atoms with Gasteiger partial charge in [-0.2, -0.15) is 0 Å². The molecule has 2 aromatic rings. The Hall–Kier alpha value is -2.44. The first kappa shape index (κ1) is 21.3. The van der Waals surface area contributed by atoms with Crippen LogP contribution < -0.4 is 5.32 Å². The first-order valence-electron chi connectivity index (χ1n) is 10.0. The Morgan fingerprint density at radius 3 is 2.72 bits per heavy atom. The summed E-state index contributed by atoms with van der Waals surface area (Å²) in [6, 6.07) is 13.4. The predicted octanol–water partition coefficient (Wildman–Crippen LogP) is 3.43. The molecule has 6 nitrogen and oxygen atoms in total. The molecule has 1 atom stereocenters. The maximum absolute atomic E-state index is 12.8. The lowest BCUT2D eigenvalue weighted by molar-refractivity contribution is -0.134. The van der Waals surface area contributed by atoms with Gasteiger partial charge < -0.3 is 10.2 Å². The van der Waals surface area contributed by atoms with Crippen molar-refractivity contribution in [2.45, 2.75) is 26.3 Å². The molecule has 7 heteroatoms. The van der Waals surface area contributed by atoms with Gasteiger partial charge in [-0.1, -0.05) is 41.9 Å². The Labute approximate surface area is 176 Å². The molecule has 0 radical (unpaired) electrons. The summed E-state index contributed by atoms with van der Waals surface area (Å²) in [5.74, 6) is 0.372. The van der Waals surface area contributed by atoms with Crippen LogP contribution in [0.3, 0.4) is 0 Å². The van der Waals surface area contributed by atoms with Crippen molar-refractivity contribution in [3.63, 3.8) is 0 Å². The van der Waals surface area contributed by atoms with Gasteiger partial charge in [0.2, 0.25) is 11.8 Å². The SMILES string of the molecule is CCN(Cc1ccccc1)C(=O)CN1CCCC(C(=O)Nc2ccc(Cl)cn2)C1. The maximum Gasteiger partial charge on any atom is 0.237 e. The molecule has 2 heterocycles. The van der Waals surface area contributed by atoms with E-state index in [1.54, 1.807) is 12.1 Å². The molecule has 1 aliphatic rings. The lowest BCUT2D eigenvalue weighted by Gasteiger charge is -2.33. The third-order valence-corrected chi connectivity index (χ3v) is 5.39. The topological polar surface area (TPSA) is 65.5 Å². The molecule has 29 heavy (non-hydrogen) atoms. The molecule has 1 aliphatic heterocycles. The van der Waals surface area contributed by atoms with Crippen LogP contribution in [0, 0.1) is 5.92 Å². The van der Waals surface area contributed by atoms with Gasteiger partial charge in [0.25, 0.3) is 0 Å². The number of carbonyl (C=O) groups is 2. The van der Waals surface area contributed by atoms with Crippen LogP contribution in [0.25, 0.3) is 0 Å². The average molecular weight is 415 g/mol. The number of carbonyl (C=O) groups excluding carboxylic acids is 2. The quantitative estimate of drug-likeness (QED) is 0.753. The van der Waals surface area contributed by atoms with Gasteiger partial charge in [-0.15, -0.1) is 0 Å². The molecule has 1 aromatic carbocycles. The van der Waals surface area contributed by atoms with E-state index in [2.05, 4.69) is 15.2 Å². The predicted molar refractivity (Wildman–Crippen MR) is 115 cm³/mol. The highest BCUT2D eigenvalue weighted by atomic mass is 35.5. The van der Waals surface area contributed by atoms with Gasteiger partial charge >= 0.3 is 0 Å². The first-order valence-corrected chi connectivity index (χ1v) is 10.4. The van der Waals surface area contributed by atoms with E-state index in [9.17, 15) is 9.59 Å². The largest absolute Gasteiger partial charge is 0.338 e. The summed E-state index contributed by atoms with van der Waals surface area (Å²) in [6.45, 7) is 5.01. The van der Waals surface area contributed by atoms with Gasteiger partial charge in [0.1, 0.15) is 5.82 Å². The van der Waals surface area contributed by atoms with Crippen molar-refractivity contribution in [1.29, 1.82) is 0 Å². The number of halogens is 1. The molecule has 2 amide bonds. The second-order valence-corrected chi connectivity index (χ2v) is 7.76. The van der Waals surface area contributed by atoms with Crippen LogP contribution in [0.4, 0.5) is 5.82 Å². The normalized spacial score (nSPS) is 17.0. The highest BCUT2D eigenvalue weighted by molar-refractivity contribution is 6.30. The highest BCUT2D eigenvalue weighted by Gasteiger charge is 2.28. The van der Waals surface area contributed by atoms with Crippen molar-refractivity contribution < 1.29 is 9.59 Å². The minimum absolute atomic E-state index is 0.0615. The molecule has 1 aromatic heterocycles. The van der Waals surface area contributed by atoms with Gasteiger partial charge in [-0.3, -0.25) is 14.5 Å². The Morgan fingerprint density at radius 1 is 1.24 bits per heavy atom. The monoisotopic (exact) mass is 414 g/mol. The summed E-state index contributed by atoms with van der Waals surface area (Å²) in [6.07, 6.45) is 3.21. The number of pyridine rings is 1. The number of nitrogens with zero attached hydrogens (tertiary/aromatic N) is 3. The number of aromatic nitrogens is 1. The molecule has 1 fully saturated rings. The van der Waals surface area contributed by atoms with Crippen LogP contribution in [0.5, 0.6) is 0 Å². The molecule has 0 aliphatic carbocycles. The van der Waals surface area contributed by atoms with E-state index < -0.39 is 0 Å². The number of anilines is 1. The zero-order valence-electron chi connectivity index (χ0n) is 16.7. The van der Waals surface area contributed by atoms with Gasteiger partial charge in [0, 0.05) is 25.8 Å². The number of hydrogen-bond acceptors (Lipinski definition) is 4. The van der Waals surface area contributed by atoms with Crippen molar-refractivity contribution in [1.82, 2.24) is 14.8 Å². The van der Waals surface area contributed by atoms with E-state index in [1.807, 2.05) is 42.2 Å². The van der Waals surface area contributed by atoms with Crippen molar-refractivity contribution in [2.24, 2.45) is 5.92 Å². The highest BCUT2D eigenvalue weighted by Crippen LogP contribution is 2.19. The summed E-state index contributed by atoms with van der Waals surface area (Å²) in [5.41, 5.74) is 1.12. The van der Waals surface area contributed by atoms with E-state index in [0.29, 0.717) is 37.0 Å². The molecule has 154 valence electrons. The van der Waals surface area contributed by atoms with Gasteiger partial charge in [0.05, 0.1) is 17.5 Å². The summed E-state index contributed by atoms with van der Waals surface area (Å²) in [5, 5.41) is 3.38. The van der Waals surface area contributed by atoms with E-state index in [4.69, 9.17) is 11.6 Å². The second-order valence-electron chi connectivity index (χ2n) is 7.32. The van der Waals surface area contributed by atoms with E-state index in [0.717, 1.165) is 24.9 Å². The lowest BCUT2D eigenvalue weighted by Crippen LogP contribution is -2.46. The zero-order chi connectivity index (χ0) is 20.6. The van der Waals surface area contributed by atoms with Gasteiger partial charge in [0.15, 0.2) is 0 Å². The van der Waals surface area contributed by atoms with Crippen LogP contribution in [-0.2, 0) is 16.1 Å². The Kier molecular flexibility index (Phi) is 7.61. The molecule has 3 rings (SSSR count). The summed E-state index contributed by atoms with van der Waals surface area (Å²) >= 11 is 5.84. The number of likely N-dealkylation sites (N-methyl/N-ethyl adjacent to an activating group) is 1. The number of hydrogen-bond donors (Lipinski definition) is 1. The molecular weight excluding hydrogens is 388 g/mol. The van der Waals surface area contributed by atoms with Crippen molar-refractivity contribution >= 4 is 29.2 Å². The molecule has 1 N–H and O–H groups in total. The average Bonchev–Trinajstić information content (AvgIpc) is 2.74. The molecule has 0 bridgehead atoms. The smallest absolute Gasteiger partial charge is 0.237 e. The standard InChI is InChI=1S/C22H27ClN4O2/c1-2-27(14-17-7-4-3-5-8-17)21(28)16-26-12-6-9-18(15-26)22(29)25-20-11-10-19(23)13-24-20/h3-5,7-8,10-11,13,18H,2,6,9,12,14-16H2,1H3,(H,24,25,29). The fourth-order valence-electron chi connectivity index (χ4n) is 3.56. The molecule has 0 saturated carbocycles. The van der Waals surface area contributed by atoms with Crippen molar-refractivity contribution in [3.8, 4) is 0 Å². The summed E-state index contributed by atoms with van der Waals surface area (Å²) < 4.78 is 0. The fraction of sp³-hybridized carbons (Fsp3) is 0.409. The fourth-order valence-corrected chi connectivity index (χ4v) is 3.67. The Bertz CT molecular complexity index is 813. The Balaban J connectivity index is 1.53. The minimum Gasteiger partial charge on any atom is -0.338 e. The van der Waals surface area contributed by atoms with Crippen LogP contribution in [0.15, 0.2) is 48.7 Å². The number of amides is 2. The van der Waals surface area contributed by atoms with Crippen LogP contribution in [0.2, 0.25) is 5.02 Å². The number of piperidine rings is 1. The first-order chi connectivity index (χ1) is 14.0. The zero-order valence-corrected chi connectivity index (χ0v) is 17.4. The molecular formula is C22H27ClN4O2. The maximum atomic E-state index is 12.8. The lowest BCUT2D eigenvalue weighted by atomic mass is 9.97. The number of nitrogens with one attached hydrogen (secondary N) is 1. The van der Waals surface area contributed by atoms with E-state index >= 15 is 0 Å².